The third-order valence-corrected chi connectivity index (χ3v) is 4.09. The maximum Gasteiger partial charge on any atom is 0.161 e. The second kappa shape index (κ2) is 6.29. The monoisotopic (exact) mass is 263 g/mol. The van der Waals surface area contributed by atoms with E-state index in [0.717, 1.165) is 17.4 Å². The van der Waals surface area contributed by atoms with Gasteiger partial charge in [0.25, 0.3) is 0 Å². The number of nitrogens with one attached hydrogen (secondary N) is 1. The summed E-state index contributed by atoms with van der Waals surface area (Å²) in [6.45, 7) is 4.60. The Labute approximate surface area is 116 Å². The Morgan fingerprint density at radius 1 is 1.11 bits per heavy atom. The van der Waals surface area contributed by atoms with E-state index in [0.29, 0.717) is 12.0 Å². The summed E-state index contributed by atoms with van der Waals surface area (Å²) in [5, 5.41) is 3.41. The molecule has 0 aromatic heterocycles. The van der Waals surface area contributed by atoms with Crippen molar-refractivity contribution in [3.05, 3.63) is 24.3 Å². The lowest BCUT2D eigenvalue weighted by molar-refractivity contribution is 0.0486. The minimum atomic E-state index is 0.206. The van der Waals surface area contributed by atoms with Gasteiger partial charge < -0.3 is 14.8 Å². The first-order valence-corrected chi connectivity index (χ1v) is 7.12. The molecule has 1 fully saturated rings. The van der Waals surface area contributed by atoms with Crippen molar-refractivity contribution < 1.29 is 9.47 Å². The van der Waals surface area contributed by atoms with Crippen LogP contribution in [0.5, 0.6) is 11.5 Å². The van der Waals surface area contributed by atoms with E-state index >= 15 is 0 Å². The van der Waals surface area contributed by atoms with Crippen molar-refractivity contribution in [2.75, 3.05) is 14.2 Å². The van der Waals surface area contributed by atoms with Crippen LogP contribution in [-0.2, 0) is 0 Å². The molecule has 4 atom stereocenters. The molecule has 0 amide bonds. The SMILES string of the molecule is CNC1CC(C)CC(C)C1Oc1ccccc1OC. The predicted octanol–water partition coefficient (Wildman–Crippen LogP) is 3.10. The van der Waals surface area contributed by atoms with Crippen LogP contribution in [0.4, 0.5) is 0 Å². The Kier molecular flexibility index (Phi) is 4.70. The normalized spacial score (nSPS) is 30.9. The molecular weight excluding hydrogens is 238 g/mol. The van der Waals surface area contributed by atoms with Crippen LogP contribution in [0.15, 0.2) is 24.3 Å². The number of methoxy groups -OCH3 is 1. The van der Waals surface area contributed by atoms with Crippen molar-refractivity contribution in [3.8, 4) is 11.5 Å². The lowest BCUT2D eigenvalue weighted by atomic mass is 9.78. The van der Waals surface area contributed by atoms with Crippen molar-refractivity contribution in [1.29, 1.82) is 0 Å². The van der Waals surface area contributed by atoms with Crippen molar-refractivity contribution >= 4 is 0 Å². The van der Waals surface area contributed by atoms with Gasteiger partial charge in [-0.2, -0.15) is 0 Å². The molecule has 2 rings (SSSR count). The second-order valence-corrected chi connectivity index (χ2v) is 5.68. The number of likely N-dealkylation sites (N-methyl/N-ethyl adjacent to an activating group) is 1. The van der Waals surface area contributed by atoms with Crippen LogP contribution in [0, 0.1) is 11.8 Å². The van der Waals surface area contributed by atoms with Crippen LogP contribution in [0.25, 0.3) is 0 Å². The topological polar surface area (TPSA) is 30.5 Å². The zero-order valence-corrected chi connectivity index (χ0v) is 12.3. The third kappa shape index (κ3) is 3.21. The number of ether oxygens (including phenoxy) is 2. The maximum absolute atomic E-state index is 6.25. The maximum atomic E-state index is 6.25. The summed E-state index contributed by atoms with van der Waals surface area (Å²) in [5.41, 5.74) is 0. The smallest absolute Gasteiger partial charge is 0.161 e. The molecular formula is C16H25NO2. The van der Waals surface area contributed by atoms with Gasteiger partial charge in [-0.3, -0.25) is 0 Å². The van der Waals surface area contributed by atoms with Gasteiger partial charge in [0.1, 0.15) is 6.10 Å². The lowest BCUT2D eigenvalue weighted by Gasteiger charge is -2.39. The highest BCUT2D eigenvalue weighted by atomic mass is 16.5. The first-order valence-electron chi connectivity index (χ1n) is 7.12. The summed E-state index contributed by atoms with van der Waals surface area (Å²) < 4.78 is 11.6. The number of benzene rings is 1. The molecule has 3 heteroatoms. The van der Waals surface area contributed by atoms with Gasteiger partial charge in [-0.15, -0.1) is 0 Å². The molecule has 0 bridgehead atoms. The van der Waals surface area contributed by atoms with Crippen molar-refractivity contribution in [1.82, 2.24) is 5.32 Å². The Morgan fingerprint density at radius 2 is 1.79 bits per heavy atom. The van der Waals surface area contributed by atoms with E-state index in [1.807, 2.05) is 31.3 Å². The predicted molar refractivity (Wildman–Crippen MR) is 77.8 cm³/mol. The van der Waals surface area contributed by atoms with E-state index in [2.05, 4.69) is 19.2 Å². The Hall–Kier alpha value is -1.22. The Balaban J connectivity index is 2.15. The fourth-order valence-corrected chi connectivity index (χ4v) is 3.17. The minimum absolute atomic E-state index is 0.206. The van der Waals surface area contributed by atoms with E-state index in [1.54, 1.807) is 7.11 Å². The van der Waals surface area contributed by atoms with Crippen LogP contribution in [0.3, 0.4) is 0 Å². The first-order chi connectivity index (χ1) is 9.15. The largest absolute Gasteiger partial charge is 0.493 e. The first kappa shape index (κ1) is 14.2. The molecule has 1 aliphatic rings. The summed E-state index contributed by atoms with van der Waals surface area (Å²) in [6.07, 6.45) is 2.59. The van der Waals surface area contributed by atoms with Crippen molar-refractivity contribution in [2.45, 2.75) is 38.8 Å². The van der Waals surface area contributed by atoms with Gasteiger partial charge in [-0.25, -0.2) is 0 Å². The summed E-state index contributed by atoms with van der Waals surface area (Å²) in [4.78, 5) is 0. The van der Waals surface area contributed by atoms with Gasteiger partial charge in [0.15, 0.2) is 11.5 Å². The highest BCUT2D eigenvalue weighted by Gasteiger charge is 2.35. The lowest BCUT2D eigenvalue weighted by Crippen LogP contribution is -2.49. The van der Waals surface area contributed by atoms with Gasteiger partial charge >= 0.3 is 0 Å². The number of para-hydroxylation sites is 2. The van der Waals surface area contributed by atoms with Crippen LogP contribution < -0.4 is 14.8 Å². The molecule has 19 heavy (non-hydrogen) atoms. The van der Waals surface area contributed by atoms with Gasteiger partial charge in [0, 0.05) is 6.04 Å². The molecule has 0 saturated heterocycles. The van der Waals surface area contributed by atoms with Gasteiger partial charge in [0.05, 0.1) is 7.11 Å². The van der Waals surface area contributed by atoms with Gasteiger partial charge in [-0.1, -0.05) is 26.0 Å². The fraction of sp³-hybridized carbons (Fsp3) is 0.625. The molecule has 106 valence electrons. The summed E-state index contributed by atoms with van der Waals surface area (Å²) >= 11 is 0. The Morgan fingerprint density at radius 3 is 2.42 bits per heavy atom. The van der Waals surface area contributed by atoms with Gasteiger partial charge in [-0.05, 0) is 43.9 Å². The molecule has 1 aliphatic carbocycles. The molecule has 1 aromatic rings. The highest BCUT2D eigenvalue weighted by molar-refractivity contribution is 5.39. The third-order valence-electron chi connectivity index (χ3n) is 4.09. The molecule has 1 saturated carbocycles. The van der Waals surface area contributed by atoms with Crippen LogP contribution in [0.1, 0.15) is 26.7 Å². The van der Waals surface area contributed by atoms with Crippen LogP contribution >= 0.6 is 0 Å². The molecule has 1 aromatic carbocycles. The number of hydrogen-bond donors (Lipinski definition) is 1. The molecule has 4 unspecified atom stereocenters. The highest BCUT2D eigenvalue weighted by Crippen LogP contribution is 2.35. The molecule has 1 N–H and O–H groups in total. The average Bonchev–Trinajstić information content (AvgIpc) is 2.42. The summed E-state index contributed by atoms with van der Waals surface area (Å²) in [7, 11) is 3.71. The number of hydrogen-bond acceptors (Lipinski definition) is 3. The second-order valence-electron chi connectivity index (χ2n) is 5.68. The molecule has 0 spiro atoms. The van der Waals surface area contributed by atoms with E-state index in [4.69, 9.17) is 9.47 Å². The van der Waals surface area contributed by atoms with E-state index in [1.165, 1.54) is 12.8 Å². The van der Waals surface area contributed by atoms with E-state index in [9.17, 15) is 0 Å². The zero-order chi connectivity index (χ0) is 13.8. The van der Waals surface area contributed by atoms with Gasteiger partial charge in [0.2, 0.25) is 0 Å². The molecule has 0 aliphatic heterocycles. The molecule has 0 radical (unpaired) electrons. The number of rotatable bonds is 4. The molecule has 0 heterocycles. The Bertz CT molecular complexity index is 407. The standard InChI is InChI=1S/C16H25NO2/c1-11-9-12(2)16(13(10-11)17-3)19-15-8-6-5-7-14(15)18-4/h5-8,11-13,16-17H,9-10H2,1-4H3. The van der Waals surface area contributed by atoms with E-state index in [-0.39, 0.29) is 6.10 Å². The molecule has 3 nitrogen and oxygen atoms in total. The zero-order valence-electron chi connectivity index (χ0n) is 12.3. The average molecular weight is 263 g/mol. The van der Waals surface area contributed by atoms with Crippen LogP contribution in [-0.4, -0.2) is 26.3 Å². The summed E-state index contributed by atoms with van der Waals surface area (Å²) in [6, 6.07) is 8.29. The summed E-state index contributed by atoms with van der Waals surface area (Å²) in [5.74, 6) is 2.95. The fourth-order valence-electron chi connectivity index (χ4n) is 3.17. The van der Waals surface area contributed by atoms with E-state index < -0.39 is 0 Å². The van der Waals surface area contributed by atoms with Crippen molar-refractivity contribution in [2.24, 2.45) is 11.8 Å². The quantitative estimate of drug-likeness (QED) is 0.905. The van der Waals surface area contributed by atoms with Crippen molar-refractivity contribution in [3.63, 3.8) is 0 Å². The van der Waals surface area contributed by atoms with Crippen LogP contribution in [0.2, 0.25) is 0 Å². The minimum Gasteiger partial charge on any atom is -0.493 e.